The number of carbonyl (C=O) groups is 1. The summed E-state index contributed by atoms with van der Waals surface area (Å²) in [6.07, 6.45) is 0. The first-order valence-electron chi connectivity index (χ1n) is 12.2. The highest BCUT2D eigenvalue weighted by Crippen LogP contribution is 2.36. The molecule has 0 aliphatic carbocycles. The minimum Gasteiger partial charge on any atom is -0.420 e. The molecule has 1 amide bonds. The van der Waals surface area contributed by atoms with Crippen LogP contribution in [0.1, 0.15) is 43.6 Å². The predicted molar refractivity (Wildman–Crippen MR) is 143 cm³/mol. The molecule has 0 saturated heterocycles. The van der Waals surface area contributed by atoms with Crippen molar-refractivity contribution in [2.75, 3.05) is 10.7 Å². The van der Waals surface area contributed by atoms with Crippen molar-refractivity contribution in [3.63, 3.8) is 0 Å². The van der Waals surface area contributed by atoms with E-state index in [0.717, 1.165) is 22.6 Å². The zero-order valence-corrected chi connectivity index (χ0v) is 22.8. The fourth-order valence-electron chi connectivity index (χ4n) is 4.46. The first-order valence-corrected chi connectivity index (χ1v) is 13.9. The molecule has 0 spiro atoms. The van der Waals surface area contributed by atoms with Gasteiger partial charge in [-0.1, -0.05) is 32.9 Å². The van der Waals surface area contributed by atoms with Gasteiger partial charge in [0.1, 0.15) is 0 Å². The van der Waals surface area contributed by atoms with Crippen molar-refractivity contribution in [2.45, 2.75) is 57.5 Å². The number of nitrogens with two attached hydrogens (primary N) is 1. The van der Waals surface area contributed by atoms with Crippen LogP contribution in [0.15, 0.2) is 57.8 Å². The van der Waals surface area contributed by atoms with Crippen LogP contribution in [0, 0.1) is 13.8 Å². The third-order valence-electron chi connectivity index (χ3n) is 6.41. The number of nitrogens with zero attached hydrogens (tertiary/aromatic N) is 5. The summed E-state index contributed by atoms with van der Waals surface area (Å²) in [5.74, 6) is -0.258. The number of rotatable bonds is 4. The van der Waals surface area contributed by atoms with Gasteiger partial charge in [-0.05, 0) is 55.8 Å². The van der Waals surface area contributed by atoms with Crippen molar-refractivity contribution in [1.29, 1.82) is 0 Å². The lowest BCUT2D eigenvalue weighted by Gasteiger charge is -2.24. The second-order valence-electron chi connectivity index (χ2n) is 10.7. The van der Waals surface area contributed by atoms with Crippen molar-refractivity contribution in [2.24, 2.45) is 5.73 Å². The van der Waals surface area contributed by atoms with Gasteiger partial charge in [0.05, 0.1) is 40.3 Å². The Hall–Kier alpha value is -3.83. The molecule has 4 aromatic rings. The summed E-state index contributed by atoms with van der Waals surface area (Å²) >= 11 is 0. The second-order valence-corrected chi connectivity index (χ2v) is 12.7. The van der Waals surface area contributed by atoms with E-state index in [0.29, 0.717) is 11.5 Å². The summed E-state index contributed by atoms with van der Waals surface area (Å²) in [6, 6.07) is 13.1. The van der Waals surface area contributed by atoms with Gasteiger partial charge in [-0.25, -0.2) is 13.1 Å². The fourth-order valence-corrected chi connectivity index (χ4v) is 6.02. The van der Waals surface area contributed by atoms with Gasteiger partial charge < -0.3 is 15.1 Å². The van der Waals surface area contributed by atoms with Crippen LogP contribution >= 0.6 is 0 Å². The molecule has 0 saturated carbocycles. The van der Waals surface area contributed by atoms with Crippen LogP contribution in [0.5, 0.6) is 0 Å². The van der Waals surface area contributed by atoms with Crippen molar-refractivity contribution in [3.8, 4) is 17.1 Å². The Morgan fingerprint density at radius 1 is 1.05 bits per heavy atom. The number of hydrogen-bond donors (Lipinski definition) is 1. The zero-order valence-electron chi connectivity index (χ0n) is 22.0. The van der Waals surface area contributed by atoms with Crippen LogP contribution in [-0.2, 0) is 26.6 Å². The summed E-state index contributed by atoms with van der Waals surface area (Å²) in [5.41, 5.74) is 10.1. The maximum atomic E-state index is 13.4. The Balaban J connectivity index is 1.55. The molecule has 0 bridgehead atoms. The highest BCUT2D eigenvalue weighted by atomic mass is 32.2. The lowest BCUT2D eigenvalue weighted by molar-refractivity contribution is -0.119. The van der Waals surface area contributed by atoms with Crippen LogP contribution in [0.2, 0.25) is 0 Å². The average molecular weight is 535 g/mol. The molecule has 38 heavy (non-hydrogen) atoms. The highest BCUT2D eigenvalue weighted by molar-refractivity contribution is 7.91. The van der Waals surface area contributed by atoms with Gasteiger partial charge in [-0.15, -0.1) is 10.2 Å². The van der Waals surface area contributed by atoms with E-state index in [1.165, 1.54) is 11.0 Å². The minimum atomic E-state index is -3.81. The third kappa shape index (κ3) is 4.74. The van der Waals surface area contributed by atoms with Crippen LogP contribution in [0.3, 0.4) is 0 Å². The molecule has 0 unspecified atom stereocenters. The van der Waals surface area contributed by atoms with E-state index in [1.54, 1.807) is 12.1 Å². The predicted octanol–water partition coefficient (Wildman–Crippen LogP) is 3.48. The van der Waals surface area contributed by atoms with Crippen LogP contribution in [0.4, 0.5) is 5.69 Å². The Bertz CT molecular complexity index is 1630. The first kappa shape index (κ1) is 25.8. The van der Waals surface area contributed by atoms with Crippen molar-refractivity contribution < 1.29 is 17.6 Å². The number of benzene rings is 2. The van der Waals surface area contributed by atoms with E-state index < -0.39 is 27.5 Å². The number of anilines is 1. The quantitative estimate of drug-likeness (QED) is 0.420. The molecule has 1 atom stereocenters. The number of carbonyl (C=O) groups excluding carboxylic acids is 1. The van der Waals surface area contributed by atoms with Gasteiger partial charge in [0, 0.05) is 16.7 Å². The summed E-state index contributed by atoms with van der Waals surface area (Å²) in [6.45, 7) is 9.91. The Labute approximate surface area is 221 Å². The van der Waals surface area contributed by atoms with Gasteiger partial charge in [0.25, 0.3) is 0 Å². The van der Waals surface area contributed by atoms with E-state index in [2.05, 4.69) is 15.3 Å². The minimum absolute atomic E-state index is 0.0392. The van der Waals surface area contributed by atoms with E-state index in [-0.39, 0.29) is 28.4 Å². The lowest BCUT2D eigenvalue weighted by Crippen LogP contribution is -2.45. The summed E-state index contributed by atoms with van der Waals surface area (Å²) in [7, 11) is -3.81. The summed E-state index contributed by atoms with van der Waals surface area (Å²) in [5, 5.41) is 12.8. The normalized spacial score (nSPS) is 17.4. The molecular formula is C27H30N6O4S. The number of aryl methyl sites for hydroxylation is 2. The second kappa shape index (κ2) is 9.17. The van der Waals surface area contributed by atoms with Crippen molar-refractivity contribution in [1.82, 2.24) is 20.0 Å². The largest absolute Gasteiger partial charge is 0.420 e. The molecule has 0 fully saturated rings. The first-order chi connectivity index (χ1) is 17.8. The van der Waals surface area contributed by atoms with Crippen LogP contribution < -0.4 is 10.6 Å². The molecule has 11 heteroatoms. The number of aromatic nitrogens is 4. The number of amides is 1. The molecule has 10 nitrogen and oxygen atoms in total. The molecule has 1 aliphatic heterocycles. The van der Waals surface area contributed by atoms with Crippen LogP contribution in [-0.4, -0.2) is 46.1 Å². The molecule has 5 rings (SSSR count). The maximum absolute atomic E-state index is 13.4. The average Bonchev–Trinajstić information content (AvgIpc) is 3.47. The van der Waals surface area contributed by atoms with Gasteiger partial charge >= 0.3 is 0 Å². The SMILES string of the molecule is Cc1cc(C)n(-c2ccc(CN3C(=O)[C@@H](N)CS(=O)(=O)c4ccc(-c5nnc(C(C)(C)C)o5)cc43)cc2)n1. The van der Waals surface area contributed by atoms with Crippen LogP contribution in [0.25, 0.3) is 17.1 Å². The van der Waals surface area contributed by atoms with Gasteiger partial charge in [-0.2, -0.15) is 5.10 Å². The number of fused-ring (bicyclic) bond motifs is 1. The van der Waals surface area contributed by atoms with Gasteiger partial charge in [0.2, 0.25) is 17.7 Å². The smallest absolute Gasteiger partial charge is 0.247 e. The van der Waals surface area contributed by atoms with E-state index >= 15 is 0 Å². The number of hydrogen-bond acceptors (Lipinski definition) is 8. The molecule has 2 aromatic carbocycles. The molecule has 0 radical (unpaired) electrons. The molecule has 1 aliphatic rings. The molecule has 198 valence electrons. The van der Waals surface area contributed by atoms with Gasteiger partial charge in [0.15, 0.2) is 9.84 Å². The molecular weight excluding hydrogens is 504 g/mol. The van der Waals surface area contributed by atoms with E-state index in [1.807, 2.05) is 69.6 Å². The third-order valence-corrected chi connectivity index (χ3v) is 8.23. The molecule has 3 heterocycles. The Kier molecular flexibility index (Phi) is 6.23. The number of sulfone groups is 1. The van der Waals surface area contributed by atoms with Crippen molar-refractivity contribution >= 4 is 21.4 Å². The summed E-state index contributed by atoms with van der Waals surface area (Å²) < 4.78 is 34.0. The molecule has 2 aromatic heterocycles. The Morgan fingerprint density at radius 2 is 1.76 bits per heavy atom. The van der Waals surface area contributed by atoms with Gasteiger partial charge in [-0.3, -0.25) is 4.79 Å². The maximum Gasteiger partial charge on any atom is 0.247 e. The monoisotopic (exact) mass is 534 g/mol. The fraction of sp³-hybridized carbons (Fsp3) is 0.333. The lowest BCUT2D eigenvalue weighted by atomic mass is 9.97. The topological polar surface area (TPSA) is 137 Å². The highest BCUT2D eigenvalue weighted by Gasteiger charge is 2.36. The summed E-state index contributed by atoms with van der Waals surface area (Å²) in [4.78, 5) is 14.9. The van der Waals surface area contributed by atoms with Crippen molar-refractivity contribution in [3.05, 3.63) is 71.4 Å². The molecule has 2 N–H and O–H groups in total. The Morgan fingerprint density at radius 3 is 2.37 bits per heavy atom. The zero-order chi connectivity index (χ0) is 27.4. The van der Waals surface area contributed by atoms with E-state index in [4.69, 9.17) is 10.2 Å². The standard InChI is InChI=1S/C27H30N6O4S/c1-16-12-17(2)33(31-16)20-9-6-18(7-10-20)14-32-22-13-19(24-29-30-26(37-24)27(3,4)5)8-11-23(22)38(35,36)15-21(28)25(32)34/h6-13,21H,14-15,28H2,1-5H3/t21-/m0/s1. The van der Waals surface area contributed by atoms with E-state index in [9.17, 15) is 13.2 Å².